The van der Waals surface area contributed by atoms with E-state index in [0.29, 0.717) is 34.1 Å². The largest absolute Gasteiger partial charge is 0.462 e. The smallest absolute Gasteiger partial charge is 0.340 e. The fourth-order valence-electron chi connectivity index (χ4n) is 3.28. The standard InChI is InChI=1S/C22H26ClN3O4/c1-6-26-13(3)17(21(14(26)4)22(29)30-7-2)9-11-20(28)25-19-10-8-16(12-18(19)23)24-15(5)27/h8-12H,6-7H2,1-5H3,(H,24,27)(H,25,28)/b11-9+. The number of carbonyl (C=O) groups is 3. The van der Waals surface area contributed by atoms with E-state index in [1.165, 1.54) is 13.0 Å². The molecule has 0 atom stereocenters. The van der Waals surface area contributed by atoms with Crippen molar-refractivity contribution in [1.82, 2.24) is 4.57 Å². The molecule has 2 rings (SSSR count). The van der Waals surface area contributed by atoms with E-state index in [1.807, 2.05) is 25.3 Å². The number of aromatic nitrogens is 1. The molecule has 0 radical (unpaired) electrons. The summed E-state index contributed by atoms with van der Waals surface area (Å²) in [7, 11) is 0. The van der Waals surface area contributed by atoms with Crippen LogP contribution in [0.1, 0.15) is 48.1 Å². The van der Waals surface area contributed by atoms with Crippen molar-refractivity contribution in [2.45, 2.75) is 41.2 Å². The number of esters is 1. The van der Waals surface area contributed by atoms with Gasteiger partial charge < -0.3 is 19.9 Å². The lowest BCUT2D eigenvalue weighted by atomic mass is 10.1. The molecule has 0 bridgehead atoms. The van der Waals surface area contributed by atoms with Crippen molar-refractivity contribution < 1.29 is 19.1 Å². The molecule has 30 heavy (non-hydrogen) atoms. The van der Waals surface area contributed by atoms with Crippen molar-refractivity contribution in [3.05, 3.63) is 51.8 Å². The molecule has 2 amide bonds. The maximum atomic E-state index is 12.4. The van der Waals surface area contributed by atoms with Gasteiger partial charge in [0.05, 0.1) is 22.9 Å². The van der Waals surface area contributed by atoms with Crippen molar-refractivity contribution in [3.63, 3.8) is 0 Å². The highest BCUT2D eigenvalue weighted by atomic mass is 35.5. The van der Waals surface area contributed by atoms with Crippen LogP contribution < -0.4 is 10.6 Å². The summed E-state index contributed by atoms with van der Waals surface area (Å²) in [6, 6.07) is 4.79. The van der Waals surface area contributed by atoms with Crippen LogP contribution in [0.5, 0.6) is 0 Å². The molecule has 0 saturated heterocycles. The lowest BCUT2D eigenvalue weighted by Gasteiger charge is -2.08. The number of halogens is 1. The number of ether oxygens (including phenoxy) is 1. The average molecular weight is 432 g/mol. The van der Waals surface area contributed by atoms with Crippen LogP contribution in [0.25, 0.3) is 6.08 Å². The van der Waals surface area contributed by atoms with Crippen LogP contribution in [-0.2, 0) is 20.9 Å². The van der Waals surface area contributed by atoms with E-state index in [9.17, 15) is 14.4 Å². The van der Waals surface area contributed by atoms with Crippen molar-refractivity contribution in [3.8, 4) is 0 Å². The Bertz CT molecular complexity index is 1010. The molecule has 0 saturated carbocycles. The summed E-state index contributed by atoms with van der Waals surface area (Å²) in [6.07, 6.45) is 2.96. The summed E-state index contributed by atoms with van der Waals surface area (Å²) >= 11 is 6.19. The quantitative estimate of drug-likeness (QED) is 0.496. The predicted molar refractivity (Wildman–Crippen MR) is 119 cm³/mol. The maximum absolute atomic E-state index is 12.4. The number of carbonyl (C=O) groups excluding carboxylic acids is 3. The molecule has 2 N–H and O–H groups in total. The second-order valence-corrected chi connectivity index (χ2v) is 7.03. The number of anilines is 2. The minimum absolute atomic E-state index is 0.215. The second kappa shape index (κ2) is 10.1. The van der Waals surface area contributed by atoms with Crippen LogP contribution in [0.4, 0.5) is 11.4 Å². The zero-order valence-electron chi connectivity index (χ0n) is 17.8. The van der Waals surface area contributed by atoms with Gasteiger partial charge in [-0.15, -0.1) is 0 Å². The molecule has 2 aromatic rings. The summed E-state index contributed by atoms with van der Waals surface area (Å²) in [4.78, 5) is 36.0. The molecular formula is C22H26ClN3O4. The SMILES string of the molecule is CCOC(=O)c1c(/C=C/C(=O)Nc2ccc(NC(C)=O)cc2Cl)c(C)n(CC)c1C. The van der Waals surface area contributed by atoms with E-state index in [1.54, 1.807) is 31.2 Å². The molecule has 0 fully saturated rings. The molecule has 0 aliphatic carbocycles. The molecule has 7 nitrogen and oxygen atoms in total. The van der Waals surface area contributed by atoms with E-state index in [4.69, 9.17) is 16.3 Å². The van der Waals surface area contributed by atoms with Gasteiger partial charge >= 0.3 is 5.97 Å². The number of nitrogens with one attached hydrogen (secondary N) is 2. The van der Waals surface area contributed by atoms with Gasteiger partial charge in [-0.2, -0.15) is 0 Å². The van der Waals surface area contributed by atoms with Gasteiger partial charge in [-0.3, -0.25) is 9.59 Å². The molecular weight excluding hydrogens is 406 g/mol. The van der Waals surface area contributed by atoms with Crippen molar-refractivity contribution in [1.29, 1.82) is 0 Å². The topological polar surface area (TPSA) is 89.4 Å². The Balaban J connectivity index is 2.26. The van der Waals surface area contributed by atoms with E-state index < -0.39 is 11.9 Å². The molecule has 1 aromatic carbocycles. The Morgan fingerprint density at radius 1 is 1.13 bits per heavy atom. The van der Waals surface area contributed by atoms with E-state index in [-0.39, 0.29) is 12.5 Å². The van der Waals surface area contributed by atoms with Crippen LogP contribution in [-0.4, -0.2) is 29.0 Å². The molecule has 0 aliphatic rings. The number of amides is 2. The van der Waals surface area contributed by atoms with E-state index >= 15 is 0 Å². The minimum atomic E-state index is -0.415. The van der Waals surface area contributed by atoms with Gasteiger partial charge in [0.15, 0.2) is 0 Å². The zero-order valence-corrected chi connectivity index (χ0v) is 18.5. The van der Waals surface area contributed by atoms with Crippen LogP contribution in [0.3, 0.4) is 0 Å². The highest BCUT2D eigenvalue weighted by Crippen LogP contribution is 2.27. The monoisotopic (exact) mass is 431 g/mol. The number of hydrogen-bond donors (Lipinski definition) is 2. The highest BCUT2D eigenvalue weighted by molar-refractivity contribution is 6.34. The fraction of sp³-hybridized carbons (Fsp3) is 0.318. The first-order chi connectivity index (χ1) is 14.2. The number of nitrogens with zero attached hydrogens (tertiary/aromatic N) is 1. The third kappa shape index (κ3) is 5.30. The first-order valence-electron chi connectivity index (χ1n) is 9.62. The first kappa shape index (κ1) is 23.2. The van der Waals surface area contributed by atoms with E-state index in [2.05, 4.69) is 10.6 Å². The minimum Gasteiger partial charge on any atom is -0.462 e. The van der Waals surface area contributed by atoms with Crippen molar-refractivity contribution in [2.75, 3.05) is 17.2 Å². The summed E-state index contributed by atoms with van der Waals surface area (Å²) in [5.41, 5.74) is 3.72. The Morgan fingerprint density at radius 3 is 2.40 bits per heavy atom. The summed E-state index contributed by atoms with van der Waals surface area (Å²) in [5.74, 6) is -1.03. The zero-order chi connectivity index (χ0) is 22.4. The fourth-order valence-corrected chi connectivity index (χ4v) is 3.51. The van der Waals surface area contributed by atoms with Crippen LogP contribution in [0.2, 0.25) is 5.02 Å². The van der Waals surface area contributed by atoms with Gasteiger partial charge in [-0.05, 0) is 52.0 Å². The third-order valence-electron chi connectivity index (χ3n) is 4.58. The molecule has 8 heteroatoms. The third-order valence-corrected chi connectivity index (χ3v) is 4.89. The average Bonchev–Trinajstić information content (AvgIpc) is 2.91. The number of benzene rings is 1. The van der Waals surface area contributed by atoms with Crippen molar-refractivity contribution in [2.24, 2.45) is 0 Å². The molecule has 160 valence electrons. The van der Waals surface area contributed by atoms with Gasteiger partial charge in [0.1, 0.15) is 0 Å². The summed E-state index contributed by atoms with van der Waals surface area (Å²) < 4.78 is 7.19. The number of hydrogen-bond acceptors (Lipinski definition) is 4. The van der Waals surface area contributed by atoms with Gasteiger partial charge in [0.2, 0.25) is 11.8 Å². The molecule has 1 heterocycles. The van der Waals surface area contributed by atoms with Crippen LogP contribution in [0.15, 0.2) is 24.3 Å². The Kier molecular flexibility index (Phi) is 7.83. The Labute approximate surface area is 181 Å². The van der Waals surface area contributed by atoms with Gasteiger partial charge in [-0.1, -0.05) is 11.6 Å². The molecule has 0 aliphatic heterocycles. The lowest BCUT2D eigenvalue weighted by Crippen LogP contribution is -2.10. The van der Waals surface area contributed by atoms with Gasteiger partial charge in [0, 0.05) is 42.2 Å². The molecule has 1 aromatic heterocycles. The van der Waals surface area contributed by atoms with E-state index in [0.717, 1.165) is 11.4 Å². The Hall–Kier alpha value is -3.06. The lowest BCUT2D eigenvalue weighted by molar-refractivity contribution is -0.114. The number of rotatable bonds is 7. The predicted octanol–water partition coefficient (Wildman–Crippen LogP) is 4.57. The highest BCUT2D eigenvalue weighted by Gasteiger charge is 2.22. The van der Waals surface area contributed by atoms with Crippen LogP contribution in [0, 0.1) is 13.8 Å². The second-order valence-electron chi connectivity index (χ2n) is 6.62. The maximum Gasteiger partial charge on any atom is 0.340 e. The molecule has 0 unspecified atom stereocenters. The Morgan fingerprint density at radius 2 is 1.83 bits per heavy atom. The normalized spacial score (nSPS) is 10.9. The molecule has 0 spiro atoms. The summed E-state index contributed by atoms with van der Waals surface area (Å²) in [6.45, 7) is 9.85. The van der Waals surface area contributed by atoms with Gasteiger partial charge in [0.25, 0.3) is 0 Å². The van der Waals surface area contributed by atoms with Crippen LogP contribution >= 0.6 is 11.6 Å². The van der Waals surface area contributed by atoms with Gasteiger partial charge in [-0.25, -0.2) is 4.79 Å². The van der Waals surface area contributed by atoms with Crippen molar-refractivity contribution >= 4 is 46.8 Å². The summed E-state index contributed by atoms with van der Waals surface area (Å²) in [5, 5.41) is 5.61. The first-order valence-corrected chi connectivity index (χ1v) is 10.00.